The predicted molar refractivity (Wildman–Crippen MR) is 180 cm³/mol. The number of carboxylic acid groups (broad SMARTS) is 1. The molecule has 6 rings (SSSR count). The molecule has 14 heteroatoms. The third-order valence-electron chi connectivity index (χ3n) is 8.54. The molecule has 264 valence electrons. The maximum Gasteiger partial charge on any atom is 0.490 e. The zero-order valence-corrected chi connectivity index (χ0v) is 27.7. The standard InChI is InChI=1S/C34H38N6O3.C2HF3O2/c1-42-26-13-14-30(31(21-26)43-2)40-32(15-12-23-8-4-3-5-9-23)38-39-33(40)29(37-34(41)24-16-18-35-19-17-24)20-25-22-36-28-11-7-6-10-27(25)28;3-2(4,5)1(6)7/h3-11,13-14,21-22,24,29,35-36H,12,15-20H2,1-2H3,(H,37,41);(H,6,7)/t29-;/m1./s1. The molecule has 3 heterocycles. The minimum absolute atomic E-state index is 0.0452. The number of aromatic nitrogens is 4. The van der Waals surface area contributed by atoms with Crippen LogP contribution in [0.1, 0.15) is 41.7 Å². The number of aryl methyl sites for hydroxylation is 2. The number of aliphatic carboxylic acids is 1. The number of piperidine rings is 1. The summed E-state index contributed by atoms with van der Waals surface area (Å²) in [5.74, 6) is 0.0334. The van der Waals surface area contributed by atoms with Crippen LogP contribution in [-0.2, 0) is 28.9 Å². The fourth-order valence-electron chi connectivity index (χ4n) is 5.95. The number of carboxylic acids is 1. The Morgan fingerprint density at radius 1 is 0.980 bits per heavy atom. The first-order valence-electron chi connectivity index (χ1n) is 16.2. The molecule has 1 amide bonds. The van der Waals surface area contributed by atoms with Gasteiger partial charge in [0.05, 0.1) is 25.9 Å². The molecule has 1 saturated heterocycles. The van der Waals surface area contributed by atoms with Gasteiger partial charge in [0.25, 0.3) is 0 Å². The summed E-state index contributed by atoms with van der Waals surface area (Å²) in [6.07, 6.45) is 0.579. The molecule has 4 N–H and O–H groups in total. The number of halogens is 3. The molecule has 1 fully saturated rings. The third-order valence-corrected chi connectivity index (χ3v) is 8.54. The van der Waals surface area contributed by atoms with E-state index in [4.69, 9.17) is 29.6 Å². The van der Waals surface area contributed by atoms with E-state index in [1.807, 2.05) is 54.7 Å². The molecule has 0 bridgehead atoms. The van der Waals surface area contributed by atoms with E-state index in [1.54, 1.807) is 14.2 Å². The Hall–Kier alpha value is -5.37. The Bertz CT molecular complexity index is 1890. The van der Waals surface area contributed by atoms with Crippen LogP contribution < -0.4 is 20.1 Å². The van der Waals surface area contributed by atoms with Gasteiger partial charge in [-0.05, 0) is 61.7 Å². The molecule has 1 aliphatic rings. The first kappa shape index (κ1) is 35.9. The number of nitrogens with one attached hydrogen (secondary N) is 3. The van der Waals surface area contributed by atoms with E-state index in [-0.39, 0.29) is 11.8 Å². The molecule has 0 saturated carbocycles. The molecule has 1 atom stereocenters. The summed E-state index contributed by atoms with van der Waals surface area (Å²) < 4.78 is 45.1. The van der Waals surface area contributed by atoms with Crippen molar-refractivity contribution in [3.63, 3.8) is 0 Å². The van der Waals surface area contributed by atoms with Gasteiger partial charge in [0, 0.05) is 41.9 Å². The molecule has 50 heavy (non-hydrogen) atoms. The van der Waals surface area contributed by atoms with E-state index in [2.05, 4.69) is 44.5 Å². The molecular weight excluding hydrogens is 653 g/mol. The number of methoxy groups -OCH3 is 2. The lowest BCUT2D eigenvalue weighted by atomic mass is 9.96. The first-order valence-corrected chi connectivity index (χ1v) is 16.2. The Kier molecular flexibility index (Phi) is 11.8. The Morgan fingerprint density at radius 2 is 1.68 bits per heavy atom. The van der Waals surface area contributed by atoms with E-state index < -0.39 is 18.2 Å². The van der Waals surface area contributed by atoms with Gasteiger partial charge in [-0.25, -0.2) is 4.79 Å². The summed E-state index contributed by atoms with van der Waals surface area (Å²) in [5.41, 5.74) is 4.18. The van der Waals surface area contributed by atoms with Gasteiger partial charge in [0.2, 0.25) is 5.91 Å². The Balaban J connectivity index is 0.000000630. The summed E-state index contributed by atoms with van der Waals surface area (Å²) in [4.78, 5) is 26.0. The van der Waals surface area contributed by atoms with Crippen LogP contribution in [0.4, 0.5) is 13.2 Å². The average Bonchev–Trinajstić information content (AvgIpc) is 3.75. The van der Waals surface area contributed by atoms with E-state index >= 15 is 0 Å². The number of carbonyl (C=O) groups is 2. The van der Waals surface area contributed by atoms with Gasteiger partial charge in [-0.2, -0.15) is 13.2 Å². The highest BCUT2D eigenvalue weighted by molar-refractivity contribution is 5.83. The van der Waals surface area contributed by atoms with Crippen molar-refractivity contribution in [2.45, 2.75) is 44.3 Å². The molecular formula is C36H39F3N6O5. The van der Waals surface area contributed by atoms with Gasteiger partial charge in [0.15, 0.2) is 5.82 Å². The monoisotopic (exact) mass is 692 g/mol. The van der Waals surface area contributed by atoms with Crippen molar-refractivity contribution in [2.24, 2.45) is 5.92 Å². The number of hydrogen-bond acceptors (Lipinski definition) is 7. The van der Waals surface area contributed by atoms with Gasteiger partial charge in [-0.1, -0.05) is 48.5 Å². The van der Waals surface area contributed by atoms with Gasteiger partial charge in [0.1, 0.15) is 17.3 Å². The number of benzene rings is 3. The molecule has 0 aliphatic carbocycles. The second-order valence-corrected chi connectivity index (χ2v) is 11.8. The van der Waals surface area contributed by atoms with Crippen LogP contribution in [0.15, 0.2) is 79.0 Å². The normalized spacial score (nSPS) is 14.0. The fourth-order valence-corrected chi connectivity index (χ4v) is 5.95. The van der Waals surface area contributed by atoms with Crippen LogP contribution in [0.2, 0.25) is 0 Å². The number of H-pyrrole nitrogens is 1. The number of fused-ring (bicyclic) bond motifs is 1. The van der Waals surface area contributed by atoms with E-state index in [1.165, 1.54) is 5.56 Å². The largest absolute Gasteiger partial charge is 0.497 e. The van der Waals surface area contributed by atoms with Crippen LogP contribution >= 0.6 is 0 Å². The fraction of sp³-hybridized carbons (Fsp3) is 0.333. The summed E-state index contributed by atoms with van der Waals surface area (Å²) >= 11 is 0. The number of ether oxygens (including phenoxy) is 2. The highest BCUT2D eigenvalue weighted by Crippen LogP contribution is 2.33. The highest BCUT2D eigenvalue weighted by atomic mass is 19.4. The minimum atomic E-state index is -5.08. The van der Waals surface area contributed by atoms with E-state index in [9.17, 15) is 18.0 Å². The lowest BCUT2D eigenvalue weighted by molar-refractivity contribution is -0.192. The summed E-state index contributed by atoms with van der Waals surface area (Å²) in [6, 6.07) is 23.9. The lowest BCUT2D eigenvalue weighted by Gasteiger charge is -2.26. The summed E-state index contributed by atoms with van der Waals surface area (Å²) in [7, 11) is 3.28. The summed E-state index contributed by atoms with van der Waals surface area (Å²) in [5, 5.41) is 24.5. The van der Waals surface area contributed by atoms with E-state index in [0.717, 1.165) is 60.3 Å². The molecule has 3 aromatic carbocycles. The number of para-hydroxylation sites is 1. The second-order valence-electron chi connectivity index (χ2n) is 11.8. The smallest absolute Gasteiger partial charge is 0.490 e. The van der Waals surface area contributed by atoms with Crippen molar-refractivity contribution in [3.05, 3.63) is 102 Å². The molecule has 5 aromatic rings. The maximum atomic E-state index is 13.7. The van der Waals surface area contributed by atoms with Crippen molar-refractivity contribution < 1.29 is 37.3 Å². The van der Waals surface area contributed by atoms with Crippen LogP contribution in [0.5, 0.6) is 11.5 Å². The number of amides is 1. The molecule has 0 spiro atoms. The zero-order valence-electron chi connectivity index (χ0n) is 27.7. The van der Waals surface area contributed by atoms with Gasteiger partial charge >= 0.3 is 12.1 Å². The zero-order chi connectivity index (χ0) is 35.7. The van der Waals surface area contributed by atoms with Crippen molar-refractivity contribution >= 4 is 22.8 Å². The van der Waals surface area contributed by atoms with Crippen molar-refractivity contribution in [2.75, 3.05) is 27.3 Å². The quantitative estimate of drug-likeness (QED) is 0.141. The number of aromatic amines is 1. The number of carbonyl (C=O) groups excluding carboxylic acids is 1. The number of hydrogen-bond donors (Lipinski definition) is 4. The van der Waals surface area contributed by atoms with Crippen molar-refractivity contribution in [1.29, 1.82) is 0 Å². The minimum Gasteiger partial charge on any atom is -0.497 e. The molecule has 11 nitrogen and oxygen atoms in total. The van der Waals surface area contributed by atoms with Gasteiger partial charge in [-0.15, -0.1) is 10.2 Å². The van der Waals surface area contributed by atoms with Crippen LogP contribution in [-0.4, -0.2) is 70.2 Å². The predicted octanol–water partition coefficient (Wildman–Crippen LogP) is 5.58. The Morgan fingerprint density at radius 3 is 2.36 bits per heavy atom. The maximum absolute atomic E-state index is 13.7. The second kappa shape index (κ2) is 16.4. The number of rotatable bonds is 11. The van der Waals surface area contributed by atoms with Crippen LogP contribution in [0, 0.1) is 5.92 Å². The third kappa shape index (κ3) is 8.80. The lowest BCUT2D eigenvalue weighted by Crippen LogP contribution is -2.40. The summed E-state index contributed by atoms with van der Waals surface area (Å²) in [6.45, 7) is 1.68. The van der Waals surface area contributed by atoms with Gasteiger partial charge in [-0.3, -0.25) is 9.36 Å². The molecule has 0 radical (unpaired) electrons. The van der Waals surface area contributed by atoms with Crippen molar-refractivity contribution in [1.82, 2.24) is 30.4 Å². The number of nitrogens with zero attached hydrogens (tertiary/aromatic N) is 3. The van der Waals surface area contributed by atoms with Crippen molar-refractivity contribution in [3.8, 4) is 17.2 Å². The first-order chi connectivity index (χ1) is 24.1. The van der Waals surface area contributed by atoms with Crippen LogP contribution in [0.3, 0.4) is 0 Å². The molecule has 2 aromatic heterocycles. The van der Waals surface area contributed by atoms with Gasteiger partial charge < -0.3 is 30.2 Å². The van der Waals surface area contributed by atoms with Crippen LogP contribution in [0.25, 0.3) is 16.6 Å². The SMILES string of the molecule is COc1ccc(-n2c(CCc3ccccc3)nnc2[C@@H](Cc2c[nH]c3ccccc23)NC(=O)C2CCNCC2)c(OC)c1.O=C(O)C(F)(F)F. The highest BCUT2D eigenvalue weighted by Gasteiger charge is 2.38. The van der Waals surface area contributed by atoms with E-state index in [0.29, 0.717) is 30.2 Å². The Labute approximate surface area is 286 Å². The topological polar surface area (TPSA) is 143 Å². The molecule has 1 aliphatic heterocycles. The molecule has 0 unspecified atom stereocenters. The number of alkyl halides is 3. The average molecular weight is 693 g/mol.